The van der Waals surface area contributed by atoms with E-state index in [0.717, 1.165) is 46.6 Å². The second-order valence-electron chi connectivity index (χ2n) is 8.59. The maximum absolute atomic E-state index is 12.0. The van der Waals surface area contributed by atoms with E-state index in [-0.39, 0.29) is 11.1 Å². The van der Waals surface area contributed by atoms with Gasteiger partial charge in [-0.3, -0.25) is 14.5 Å². The Morgan fingerprint density at radius 2 is 1.87 bits per heavy atom. The Kier molecular flexibility index (Phi) is 5.60. The number of rotatable bonds is 4. The first-order valence-electron chi connectivity index (χ1n) is 10.4. The summed E-state index contributed by atoms with van der Waals surface area (Å²) in [5.74, 6) is 1.49. The van der Waals surface area contributed by atoms with Crippen molar-refractivity contribution in [2.24, 2.45) is 0 Å². The van der Waals surface area contributed by atoms with E-state index in [0.29, 0.717) is 11.5 Å². The number of benzene rings is 2. The average molecular weight is 438 g/mol. The summed E-state index contributed by atoms with van der Waals surface area (Å²) in [6, 6.07) is 9.76. The number of carbonyl (C=O) groups excluding carboxylic acids is 2. The van der Waals surface area contributed by atoms with Crippen molar-refractivity contribution in [1.29, 1.82) is 0 Å². The first-order valence-corrected chi connectivity index (χ1v) is 11.2. The minimum absolute atomic E-state index is 0.251. The number of nitrogens with zero attached hydrogens (tertiary/aromatic N) is 1. The summed E-state index contributed by atoms with van der Waals surface area (Å²) in [6.45, 7) is 8.94. The molecule has 2 aromatic rings. The number of thioether (sulfide) groups is 1. The fourth-order valence-electron chi connectivity index (χ4n) is 3.94. The van der Waals surface area contributed by atoms with Crippen LogP contribution in [0.25, 0.3) is 6.08 Å². The summed E-state index contributed by atoms with van der Waals surface area (Å²) in [5, 5.41) is -0.251. The lowest BCUT2D eigenvalue weighted by Gasteiger charge is -2.37. The normalized spacial score (nSPS) is 22.0. The second-order valence-corrected chi connectivity index (χ2v) is 9.59. The third-order valence-corrected chi connectivity index (χ3v) is 7.04. The molecule has 2 aliphatic rings. The molecule has 31 heavy (non-hydrogen) atoms. The molecule has 0 saturated carbocycles. The zero-order valence-corrected chi connectivity index (χ0v) is 19.4. The van der Waals surface area contributed by atoms with E-state index in [4.69, 9.17) is 9.47 Å². The molecule has 0 radical (unpaired) electrons. The molecule has 0 aromatic heterocycles. The van der Waals surface area contributed by atoms with Gasteiger partial charge in [-0.1, -0.05) is 18.2 Å². The van der Waals surface area contributed by atoms with Crippen molar-refractivity contribution >= 4 is 29.0 Å². The van der Waals surface area contributed by atoms with Crippen LogP contribution in [0.3, 0.4) is 0 Å². The predicted octanol–water partition coefficient (Wildman–Crippen LogP) is 5.44. The highest BCUT2D eigenvalue weighted by molar-refractivity contribution is 8.18. The summed E-state index contributed by atoms with van der Waals surface area (Å²) in [5.41, 5.74) is 5.50. The van der Waals surface area contributed by atoms with Gasteiger partial charge in [0.15, 0.2) is 0 Å². The van der Waals surface area contributed by atoms with Crippen LogP contribution in [0.15, 0.2) is 35.2 Å². The van der Waals surface area contributed by atoms with Gasteiger partial charge in [-0.15, -0.1) is 0 Å². The van der Waals surface area contributed by atoms with E-state index in [1.165, 1.54) is 29.3 Å². The van der Waals surface area contributed by atoms with Gasteiger partial charge in [-0.05, 0) is 98.3 Å². The molecule has 5 nitrogen and oxygen atoms in total. The van der Waals surface area contributed by atoms with Crippen LogP contribution < -0.4 is 9.47 Å². The summed E-state index contributed by atoms with van der Waals surface area (Å²) in [4.78, 5) is 25.2. The van der Waals surface area contributed by atoms with Crippen molar-refractivity contribution in [3.63, 3.8) is 0 Å². The number of likely N-dealkylation sites (N-methyl/N-ethyl adjacent to an activating group) is 1. The third kappa shape index (κ3) is 4.22. The van der Waals surface area contributed by atoms with E-state index in [1.807, 2.05) is 24.3 Å². The average Bonchev–Trinajstić information content (AvgIpc) is 2.98. The first kappa shape index (κ1) is 21.5. The standard InChI is InChI=1S/C25H27NO4S/c1-15-12-16(2)20-10-11-25(4,30-22(20)17(15)3)14-29-19-8-6-18(7-9-19)13-21-23(27)26(5)24(28)31-21/h6-9,12-13H,10-11,14H2,1-5H3/b21-13-. The molecule has 162 valence electrons. The van der Waals surface area contributed by atoms with Crippen molar-refractivity contribution in [3.8, 4) is 11.5 Å². The molecule has 1 atom stereocenters. The fraction of sp³-hybridized carbons (Fsp3) is 0.360. The van der Waals surface area contributed by atoms with Crippen LogP contribution in [-0.2, 0) is 11.2 Å². The zero-order chi connectivity index (χ0) is 22.3. The number of ether oxygens (including phenoxy) is 2. The molecule has 6 heteroatoms. The van der Waals surface area contributed by atoms with Gasteiger partial charge >= 0.3 is 0 Å². The number of aryl methyl sites for hydroxylation is 2. The van der Waals surface area contributed by atoms with Crippen LogP contribution >= 0.6 is 11.8 Å². The van der Waals surface area contributed by atoms with E-state index >= 15 is 0 Å². The highest BCUT2D eigenvalue weighted by Gasteiger charge is 2.34. The van der Waals surface area contributed by atoms with E-state index in [2.05, 4.69) is 33.8 Å². The van der Waals surface area contributed by atoms with E-state index < -0.39 is 5.60 Å². The number of hydrogen-bond acceptors (Lipinski definition) is 5. The summed E-state index contributed by atoms with van der Waals surface area (Å²) in [7, 11) is 1.49. The minimum Gasteiger partial charge on any atom is -0.489 e. The van der Waals surface area contributed by atoms with Gasteiger partial charge in [-0.25, -0.2) is 0 Å². The van der Waals surface area contributed by atoms with Gasteiger partial charge in [-0.2, -0.15) is 0 Å². The minimum atomic E-state index is -0.392. The third-order valence-electron chi connectivity index (χ3n) is 6.08. The van der Waals surface area contributed by atoms with Gasteiger partial charge in [0.2, 0.25) is 0 Å². The number of imide groups is 1. The lowest BCUT2D eigenvalue weighted by molar-refractivity contribution is -0.121. The Morgan fingerprint density at radius 1 is 1.16 bits per heavy atom. The smallest absolute Gasteiger partial charge is 0.293 e. The Bertz CT molecular complexity index is 1090. The van der Waals surface area contributed by atoms with Gasteiger partial charge in [0.25, 0.3) is 11.1 Å². The predicted molar refractivity (Wildman–Crippen MR) is 124 cm³/mol. The molecule has 0 spiro atoms. The summed E-state index contributed by atoms with van der Waals surface area (Å²) in [6.07, 6.45) is 3.61. The summed E-state index contributed by atoms with van der Waals surface area (Å²) >= 11 is 0.958. The molecular weight excluding hydrogens is 410 g/mol. The van der Waals surface area contributed by atoms with Crippen molar-refractivity contribution in [2.45, 2.75) is 46.1 Å². The van der Waals surface area contributed by atoms with E-state index in [9.17, 15) is 9.59 Å². The van der Waals surface area contributed by atoms with Gasteiger partial charge in [0.1, 0.15) is 23.7 Å². The molecule has 2 aromatic carbocycles. The maximum atomic E-state index is 12.0. The Hall–Kier alpha value is -2.73. The Morgan fingerprint density at radius 3 is 2.52 bits per heavy atom. The molecule has 0 bridgehead atoms. The number of hydrogen-bond donors (Lipinski definition) is 0. The van der Waals surface area contributed by atoms with Crippen molar-refractivity contribution in [2.75, 3.05) is 13.7 Å². The van der Waals surface area contributed by atoms with E-state index in [1.54, 1.807) is 6.08 Å². The maximum Gasteiger partial charge on any atom is 0.293 e. The molecule has 1 unspecified atom stereocenters. The Balaban J connectivity index is 1.43. The highest BCUT2D eigenvalue weighted by Crippen LogP contribution is 2.39. The number of amides is 2. The SMILES string of the molecule is Cc1cc(C)c2c(c1C)OC(C)(COc1ccc(/C=C3\SC(=O)N(C)C3=O)cc1)CC2. The summed E-state index contributed by atoms with van der Waals surface area (Å²) < 4.78 is 12.5. The molecule has 0 aliphatic carbocycles. The molecule has 2 amide bonds. The lowest BCUT2D eigenvalue weighted by Crippen LogP contribution is -2.42. The molecule has 1 saturated heterocycles. The van der Waals surface area contributed by atoms with Crippen LogP contribution in [0.2, 0.25) is 0 Å². The Labute approximate surface area is 187 Å². The first-order chi connectivity index (χ1) is 14.7. The quantitative estimate of drug-likeness (QED) is 0.596. The van der Waals surface area contributed by atoms with Crippen LogP contribution in [0.5, 0.6) is 11.5 Å². The van der Waals surface area contributed by atoms with Gasteiger partial charge in [0, 0.05) is 7.05 Å². The topological polar surface area (TPSA) is 55.8 Å². The van der Waals surface area contributed by atoms with Crippen LogP contribution in [0.1, 0.15) is 41.2 Å². The molecular formula is C25H27NO4S. The monoisotopic (exact) mass is 437 g/mol. The van der Waals surface area contributed by atoms with Crippen LogP contribution in [0.4, 0.5) is 4.79 Å². The van der Waals surface area contributed by atoms with Crippen molar-refractivity contribution < 1.29 is 19.1 Å². The molecule has 2 aliphatic heterocycles. The van der Waals surface area contributed by atoms with Crippen LogP contribution in [0, 0.1) is 20.8 Å². The molecule has 2 heterocycles. The van der Waals surface area contributed by atoms with Crippen molar-refractivity contribution in [1.82, 2.24) is 4.90 Å². The lowest BCUT2D eigenvalue weighted by atomic mass is 9.88. The zero-order valence-electron chi connectivity index (χ0n) is 18.6. The van der Waals surface area contributed by atoms with Crippen LogP contribution in [-0.4, -0.2) is 35.3 Å². The molecule has 1 fully saturated rings. The second kappa shape index (κ2) is 8.08. The highest BCUT2D eigenvalue weighted by atomic mass is 32.2. The number of carbonyl (C=O) groups is 2. The largest absolute Gasteiger partial charge is 0.489 e. The van der Waals surface area contributed by atoms with Crippen molar-refractivity contribution in [3.05, 3.63) is 63.1 Å². The van der Waals surface area contributed by atoms with Gasteiger partial charge in [0.05, 0.1) is 4.91 Å². The van der Waals surface area contributed by atoms with Gasteiger partial charge < -0.3 is 9.47 Å². The fourth-order valence-corrected chi connectivity index (χ4v) is 4.76. The number of fused-ring (bicyclic) bond motifs is 1. The molecule has 4 rings (SSSR count). The molecule has 0 N–H and O–H groups in total.